The summed E-state index contributed by atoms with van der Waals surface area (Å²) in [5, 5.41) is 11.1. The molecular weight excluding hydrogens is 684 g/mol. The average Bonchev–Trinajstić information content (AvgIpc) is 3.79. The van der Waals surface area contributed by atoms with E-state index < -0.39 is 17.5 Å². The minimum absolute atomic E-state index is 0.0199. The van der Waals surface area contributed by atoms with E-state index in [1.165, 1.54) is 6.07 Å². The summed E-state index contributed by atoms with van der Waals surface area (Å²) in [5.41, 5.74) is 2.79. The topological polar surface area (TPSA) is 125 Å². The molecule has 1 saturated heterocycles. The van der Waals surface area contributed by atoms with E-state index in [0.717, 1.165) is 64.8 Å². The zero-order chi connectivity index (χ0) is 36.1. The van der Waals surface area contributed by atoms with Crippen LogP contribution in [0.5, 0.6) is 5.88 Å². The third-order valence-corrected chi connectivity index (χ3v) is 10.4. The van der Waals surface area contributed by atoms with Crippen LogP contribution in [0.4, 0.5) is 4.39 Å². The Bertz CT molecular complexity index is 2240. The number of carbonyl (C=O) groups excluding carboxylic acids is 1. The van der Waals surface area contributed by atoms with E-state index in [-0.39, 0.29) is 19.1 Å². The van der Waals surface area contributed by atoms with E-state index in [9.17, 15) is 9.18 Å². The third kappa shape index (κ3) is 7.51. The number of benzene rings is 2. The Morgan fingerprint density at radius 1 is 1.08 bits per heavy atom. The molecule has 1 aliphatic heterocycles. The molecule has 1 aliphatic rings. The lowest BCUT2D eigenvalue weighted by molar-refractivity contribution is -0.108. The monoisotopic (exact) mass is 720 g/mol. The molecule has 0 radical (unpaired) electrons. The molecule has 0 N–H and O–H groups in total. The Hall–Kier alpha value is -5.26. The van der Waals surface area contributed by atoms with Crippen molar-refractivity contribution in [2.75, 3.05) is 40.1 Å². The van der Waals surface area contributed by atoms with Crippen LogP contribution >= 0.6 is 11.3 Å². The number of thiophene rings is 1. The third-order valence-electron chi connectivity index (χ3n) is 9.44. The molecule has 13 heteroatoms. The molecule has 0 aliphatic carbocycles. The van der Waals surface area contributed by atoms with E-state index in [1.54, 1.807) is 37.8 Å². The summed E-state index contributed by atoms with van der Waals surface area (Å²) < 4.78 is 39.2. The van der Waals surface area contributed by atoms with Crippen LogP contribution in [0, 0.1) is 17.1 Å². The van der Waals surface area contributed by atoms with Crippen molar-refractivity contribution >= 4 is 39.1 Å². The number of carbonyl (C=O) groups is 1. The first kappa shape index (κ1) is 35.2. The maximum Gasteiger partial charge on any atom is 0.338 e. The number of fused-ring (bicyclic) bond motifs is 2. The Morgan fingerprint density at radius 2 is 1.94 bits per heavy atom. The second-order valence-electron chi connectivity index (χ2n) is 12.7. The Labute approximate surface area is 304 Å². The quantitative estimate of drug-likeness (QED) is 0.0909. The Balaban J connectivity index is 1.06. The maximum absolute atomic E-state index is 14.2. The lowest BCUT2D eigenvalue weighted by atomic mass is 9.93. The van der Waals surface area contributed by atoms with Gasteiger partial charge in [0.05, 0.1) is 34.4 Å². The minimum atomic E-state index is -0.952. The number of aromatic nitrogens is 4. The van der Waals surface area contributed by atoms with Crippen LogP contribution in [0.3, 0.4) is 0 Å². The molecule has 4 aromatic heterocycles. The number of ether oxygens (including phenoxy) is 4. The van der Waals surface area contributed by atoms with Gasteiger partial charge < -0.3 is 18.9 Å². The molecule has 52 heavy (non-hydrogen) atoms. The van der Waals surface area contributed by atoms with Crippen molar-refractivity contribution in [3.63, 3.8) is 0 Å². The van der Waals surface area contributed by atoms with E-state index in [1.807, 2.05) is 54.1 Å². The molecule has 266 valence electrons. The van der Waals surface area contributed by atoms with E-state index in [0.29, 0.717) is 40.1 Å². The van der Waals surface area contributed by atoms with Gasteiger partial charge in [-0.25, -0.2) is 19.2 Å². The fraction of sp³-hybridized carbons (Fsp3) is 0.308. The fourth-order valence-corrected chi connectivity index (χ4v) is 7.21. The van der Waals surface area contributed by atoms with Crippen molar-refractivity contribution in [2.45, 2.75) is 38.0 Å². The van der Waals surface area contributed by atoms with E-state index in [2.05, 4.69) is 27.0 Å². The highest BCUT2D eigenvalue weighted by Crippen LogP contribution is 2.35. The van der Waals surface area contributed by atoms with E-state index >= 15 is 0 Å². The van der Waals surface area contributed by atoms with Gasteiger partial charge in [-0.15, -0.1) is 11.3 Å². The van der Waals surface area contributed by atoms with Gasteiger partial charge in [-0.05, 0) is 61.5 Å². The number of nitrogens with zero attached hydrogens (tertiary/aromatic N) is 6. The van der Waals surface area contributed by atoms with Crippen LogP contribution in [0.1, 0.15) is 57.1 Å². The zero-order valence-electron chi connectivity index (χ0n) is 28.8. The number of hydrogen-bond acceptors (Lipinski definition) is 11. The van der Waals surface area contributed by atoms with Crippen LogP contribution in [-0.2, 0) is 26.5 Å². The highest BCUT2D eigenvalue weighted by atomic mass is 32.1. The number of imidazole rings is 1. The molecule has 2 aromatic carbocycles. The molecule has 1 fully saturated rings. The molecule has 0 saturated carbocycles. The number of rotatable bonds is 13. The van der Waals surface area contributed by atoms with Crippen LogP contribution in [-0.4, -0.2) is 70.5 Å². The first-order valence-corrected chi connectivity index (χ1v) is 17.8. The molecule has 0 spiro atoms. The number of methoxy groups -OCH3 is 1. The summed E-state index contributed by atoms with van der Waals surface area (Å²) in [5.74, 6) is -0.207. The predicted molar refractivity (Wildman–Crippen MR) is 193 cm³/mol. The maximum atomic E-state index is 14.2. The highest BCUT2D eigenvalue weighted by Gasteiger charge is 2.33. The van der Waals surface area contributed by atoms with Crippen molar-refractivity contribution in [2.24, 2.45) is 0 Å². The van der Waals surface area contributed by atoms with Gasteiger partial charge in [0.15, 0.2) is 5.72 Å². The van der Waals surface area contributed by atoms with Gasteiger partial charge in [0, 0.05) is 67.3 Å². The lowest BCUT2D eigenvalue weighted by Gasteiger charge is -2.37. The normalized spacial score (nSPS) is 15.0. The van der Waals surface area contributed by atoms with Gasteiger partial charge in [-0.1, -0.05) is 18.2 Å². The molecule has 0 amide bonds. The molecule has 6 aromatic rings. The first-order valence-electron chi connectivity index (χ1n) is 17.0. The van der Waals surface area contributed by atoms with Gasteiger partial charge in [-0.3, -0.25) is 14.5 Å². The SMILES string of the molecule is COCCOC(=O)c1ccc2c(c1)ncn2C(C)(OCN1CCC(c2cccc(OCc3sc(C#N)cc3F)n2)CC1)c1ccc2cnccc2c1. The number of hydrogen-bond donors (Lipinski definition) is 0. The molecule has 0 bridgehead atoms. The van der Waals surface area contributed by atoms with Crippen LogP contribution in [0.15, 0.2) is 85.5 Å². The summed E-state index contributed by atoms with van der Waals surface area (Å²) in [6.07, 6.45) is 7.13. The Kier molecular flexibility index (Phi) is 10.5. The number of esters is 1. The number of piperidine rings is 1. The minimum Gasteiger partial charge on any atom is -0.472 e. The predicted octanol–water partition coefficient (Wildman–Crippen LogP) is 7.01. The molecule has 1 unspecified atom stereocenters. The lowest BCUT2D eigenvalue weighted by Crippen LogP contribution is -2.41. The largest absolute Gasteiger partial charge is 0.472 e. The van der Waals surface area contributed by atoms with Crippen LogP contribution < -0.4 is 4.74 Å². The summed E-state index contributed by atoms with van der Waals surface area (Å²) >= 11 is 1.09. The summed E-state index contributed by atoms with van der Waals surface area (Å²) in [6.45, 7) is 4.52. The smallest absolute Gasteiger partial charge is 0.338 e. The number of likely N-dealkylation sites (tertiary alicyclic amines) is 1. The molecule has 7 rings (SSSR count). The van der Waals surface area contributed by atoms with Crippen molar-refractivity contribution in [1.29, 1.82) is 5.26 Å². The molecule has 5 heterocycles. The number of pyridine rings is 2. The highest BCUT2D eigenvalue weighted by molar-refractivity contribution is 7.12. The fourth-order valence-electron chi connectivity index (χ4n) is 6.46. The summed E-state index contributed by atoms with van der Waals surface area (Å²) in [7, 11) is 1.56. The summed E-state index contributed by atoms with van der Waals surface area (Å²) in [6, 6.07) is 22.4. The second kappa shape index (κ2) is 15.5. The number of nitriles is 1. The molecule has 1 atom stereocenters. The van der Waals surface area contributed by atoms with Gasteiger partial charge in [0.2, 0.25) is 5.88 Å². The Morgan fingerprint density at radius 3 is 2.75 bits per heavy atom. The van der Waals surface area contributed by atoms with Crippen LogP contribution in [0.25, 0.3) is 21.8 Å². The van der Waals surface area contributed by atoms with Gasteiger partial charge in [-0.2, -0.15) is 5.26 Å². The summed E-state index contributed by atoms with van der Waals surface area (Å²) in [4.78, 5) is 29.3. The van der Waals surface area contributed by atoms with Gasteiger partial charge in [0.25, 0.3) is 0 Å². The van der Waals surface area contributed by atoms with Crippen molar-refractivity contribution in [3.8, 4) is 11.9 Å². The van der Waals surface area contributed by atoms with Crippen LogP contribution in [0.2, 0.25) is 0 Å². The van der Waals surface area contributed by atoms with Crippen molar-refractivity contribution < 1.29 is 28.1 Å². The standard InChI is InChI=1S/C39H37FN6O5S/c1-39(30-8-6-29-22-42-13-10-27(29)18-30,46-24-43-34-19-28(7-9-35(34)46)38(47)49-17-16-48-2)51-25-45-14-11-26(12-15-45)33-4-3-5-37(44-33)50-23-36-32(40)20-31(21-41)52-36/h3-10,13,18-20,22,24,26H,11-12,14-17,23,25H2,1-2H3. The van der Waals surface area contributed by atoms with E-state index in [4.69, 9.17) is 29.2 Å². The first-order chi connectivity index (χ1) is 25.3. The average molecular weight is 721 g/mol. The molecular formula is C39H37FN6O5S. The van der Waals surface area contributed by atoms with Gasteiger partial charge >= 0.3 is 5.97 Å². The zero-order valence-corrected chi connectivity index (χ0v) is 29.6. The van der Waals surface area contributed by atoms with Crippen molar-refractivity contribution in [3.05, 3.63) is 118 Å². The second-order valence-corrected chi connectivity index (χ2v) is 13.9. The van der Waals surface area contributed by atoms with Crippen molar-refractivity contribution in [1.82, 2.24) is 24.4 Å². The number of halogens is 1. The molecule has 11 nitrogen and oxygen atoms in total. The van der Waals surface area contributed by atoms with Gasteiger partial charge in [0.1, 0.15) is 36.7 Å².